The number of carbonyl (C=O) groups is 1. The number of hydrogen-bond acceptors (Lipinski definition) is 2. The molecule has 0 bridgehead atoms. The smallest absolute Gasteiger partial charge is 0.197 e. The molecule has 1 heterocycles. The van der Waals surface area contributed by atoms with Crippen molar-refractivity contribution in [1.82, 2.24) is 4.98 Å². The number of ketones is 1. The molecular weight excluding hydrogens is 321 g/mol. The Bertz CT molecular complexity index is 816. The molecule has 0 aliphatic rings. The van der Waals surface area contributed by atoms with Gasteiger partial charge in [-0.05, 0) is 40.2 Å². The minimum atomic E-state index is -0.550. The fourth-order valence-electron chi connectivity index (χ4n) is 2.03. The summed E-state index contributed by atoms with van der Waals surface area (Å²) < 4.78 is 14.2. The Labute approximate surface area is 123 Å². The second-order valence-electron chi connectivity index (χ2n) is 4.35. The van der Waals surface area contributed by atoms with E-state index in [1.165, 1.54) is 12.3 Å². The van der Waals surface area contributed by atoms with E-state index in [4.69, 9.17) is 0 Å². The molecule has 0 saturated heterocycles. The van der Waals surface area contributed by atoms with Gasteiger partial charge in [-0.3, -0.25) is 9.78 Å². The van der Waals surface area contributed by atoms with Gasteiger partial charge in [0.15, 0.2) is 5.78 Å². The minimum absolute atomic E-state index is 0.0384. The van der Waals surface area contributed by atoms with Crippen LogP contribution in [0.1, 0.15) is 15.9 Å². The van der Waals surface area contributed by atoms with Crippen LogP contribution in [0.25, 0.3) is 10.9 Å². The van der Waals surface area contributed by atoms with Gasteiger partial charge in [0.25, 0.3) is 0 Å². The monoisotopic (exact) mass is 329 g/mol. The molecular formula is C16H9BrFNO. The zero-order valence-corrected chi connectivity index (χ0v) is 11.9. The van der Waals surface area contributed by atoms with Gasteiger partial charge in [-0.1, -0.05) is 24.3 Å². The predicted molar refractivity (Wildman–Crippen MR) is 79.3 cm³/mol. The van der Waals surface area contributed by atoms with Crippen molar-refractivity contribution < 1.29 is 9.18 Å². The van der Waals surface area contributed by atoms with Crippen LogP contribution in [-0.2, 0) is 0 Å². The highest BCUT2D eigenvalue weighted by Crippen LogP contribution is 2.22. The van der Waals surface area contributed by atoms with Gasteiger partial charge in [-0.2, -0.15) is 0 Å². The Morgan fingerprint density at radius 1 is 1.10 bits per heavy atom. The average Bonchev–Trinajstić information content (AvgIpc) is 2.49. The molecule has 3 aromatic rings. The third kappa shape index (κ3) is 2.23. The van der Waals surface area contributed by atoms with E-state index < -0.39 is 5.82 Å². The Morgan fingerprint density at radius 3 is 2.75 bits per heavy atom. The Morgan fingerprint density at radius 2 is 1.90 bits per heavy atom. The van der Waals surface area contributed by atoms with Crippen LogP contribution < -0.4 is 0 Å². The molecule has 0 spiro atoms. The molecule has 1 aromatic heterocycles. The van der Waals surface area contributed by atoms with Crippen molar-refractivity contribution in [2.45, 2.75) is 0 Å². The quantitative estimate of drug-likeness (QED) is 0.653. The summed E-state index contributed by atoms with van der Waals surface area (Å²) in [5.74, 6) is -0.923. The molecule has 0 atom stereocenters. The molecule has 2 nitrogen and oxygen atoms in total. The molecule has 3 rings (SSSR count). The first-order chi connectivity index (χ1) is 9.66. The highest BCUT2D eigenvalue weighted by molar-refractivity contribution is 9.10. The van der Waals surface area contributed by atoms with Crippen LogP contribution in [0.4, 0.5) is 4.39 Å². The van der Waals surface area contributed by atoms with Crippen LogP contribution in [0.3, 0.4) is 0 Å². The number of pyridine rings is 1. The van der Waals surface area contributed by atoms with Gasteiger partial charge < -0.3 is 0 Å². The summed E-state index contributed by atoms with van der Waals surface area (Å²) in [7, 11) is 0. The number of aromatic nitrogens is 1. The van der Waals surface area contributed by atoms with Crippen molar-refractivity contribution in [3.8, 4) is 0 Å². The fourth-order valence-corrected chi connectivity index (χ4v) is 2.40. The first kappa shape index (κ1) is 12.9. The number of para-hydroxylation sites is 1. The average molecular weight is 330 g/mol. The maximum Gasteiger partial charge on any atom is 0.197 e. The largest absolute Gasteiger partial charge is 0.288 e. The first-order valence-corrected chi connectivity index (χ1v) is 6.79. The van der Waals surface area contributed by atoms with Crippen LogP contribution >= 0.6 is 15.9 Å². The van der Waals surface area contributed by atoms with E-state index in [9.17, 15) is 9.18 Å². The third-order valence-corrected chi connectivity index (χ3v) is 3.66. The third-order valence-electron chi connectivity index (χ3n) is 3.05. The Balaban J connectivity index is 2.10. The van der Waals surface area contributed by atoms with Crippen molar-refractivity contribution in [3.63, 3.8) is 0 Å². The second-order valence-corrected chi connectivity index (χ2v) is 5.20. The van der Waals surface area contributed by atoms with Gasteiger partial charge >= 0.3 is 0 Å². The summed E-state index contributed by atoms with van der Waals surface area (Å²) in [4.78, 5) is 16.6. The molecule has 20 heavy (non-hydrogen) atoms. The standard InChI is InChI=1S/C16H9BrFNO/c17-13-6-3-5-12(15(13)18)16(20)11-8-10-4-1-2-7-14(10)19-9-11/h1-9H. The molecule has 0 N–H and O–H groups in total. The summed E-state index contributed by atoms with van der Waals surface area (Å²) >= 11 is 3.08. The normalized spacial score (nSPS) is 10.7. The van der Waals surface area contributed by atoms with E-state index in [0.29, 0.717) is 5.56 Å². The fraction of sp³-hybridized carbons (Fsp3) is 0. The van der Waals surface area contributed by atoms with E-state index in [1.54, 1.807) is 18.2 Å². The molecule has 0 radical (unpaired) electrons. The minimum Gasteiger partial charge on any atom is -0.288 e. The van der Waals surface area contributed by atoms with Crippen LogP contribution in [0, 0.1) is 5.82 Å². The van der Waals surface area contributed by atoms with E-state index >= 15 is 0 Å². The Hall–Kier alpha value is -2.07. The Kier molecular flexibility index (Phi) is 3.32. The zero-order valence-electron chi connectivity index (χ0n) is 10.3. The molecule has 0 fully saturated rings. The lowest BCUT2D eigenvalue weighted by molar-refractivity contribution is 0.103. The number of halogens is 2. The molecule has 0 amide bonds. The molecule has 4 heteroatoms. The van der Waals surface area contributed by atoms with Crippen LogP contribution in [0.2, 0.25) is 0 Å². The maximum absolute atomic E-state index is 14.0. The number of hydrogen-bond donors (Lipinski definition) is 0. The summed E-state index contributed by atoms with van der Waals surface area (Å²) in [6.07, 6.45) is 1.48. The predicted octanol–water partition coefficient (Wildman–Crippen LogP) is 4.37. The molecule has 98 valence electrons. The van der Waals surface area contributed by atoms with Gasteiger partial charge in [-0.15, -0.1) is 0 Å². The van der Waals surface area contributed by atoms with Gasteiger partial charge in [0.05, 0.1) is 15.6 Å². The number of benzene rings is 2. The second kappa shape index (κ2) is 5.13. The van der Waals surface area contributed by atoms with Crippen molar-refractivity contribution in [1.29, 1.82) is 0 Å². The lowest BCUT2D eigenvalue weighted by atomic mass is 10.0. The molecule has 0 unspecified atom stereocenters. The summed E-state index contributed by atoms with van der Waals surface area (Å²) in [5.41, 5.74) is 1.22. The van der Waals surface area contributed by atoms with Gasteiger partial charge in [0.2, 0.25) is 0 Å². The first-order valence-electron chi connectivity index (χ1n) is 6.00. The number of nitrogens with zero attached hydrogens (tertiary/aromatic N) is 1. The van der Waals surface area contributed by atoms with E-state index in [0.717, 1.165) is 10.9 Å². The van der Waals surface area contributed by atoms with Gasteiger partial charge in [0.1, 0.15) is 5.82 Å². The molecule has 0 saturated carbocycles. The molecule has 2 aromatic carbocycles. The van der Waals surface area contributed by atoms with Crippen LogP contribution in [0.5, 0.6) is 0 Å². The summed E-state index contributed by atoms with van der Waals surface area (Å²) in [6.45, 7) is 0. The van der Waals surface area contributed by atoms with Crippen molar-refractivity contribution >= 4 is 32.6 Å². The highest BCUT2D eigenvalue weighted by Gasteiger charge is 2.16. The number of rotatable bonds is 2. The lowest BCUT2D eigenvalue weighted by Crippen LogP contribution is -2.05. The van der Waals surface area contributed by atoms with Crippen LogP contribution in [0.15, 0.2) is 59.2 Å². The van der Waals surface area contributed by atoms with E-state index in [-0.39, 0.29) is 15.8 Å². The van der Waals surface area contributed by atoms with Crippen molar-refractivity contribution in [2.24, 2.45) is 0 Å². The molecule has 0 aliphatic heterocycles. The van der Waals surface area contributed by atoms with Gasteiger partial charge in [-0.25, -0.2) is 4.39 Å². The topological polar surface area (TPSA) is 30.0 Å². The van der Waals surface area contributed by atoms with Crippen molar-refractivity contribution in [3.05, 3.63) is 76.1 Å². The van der Waals surface area contributed by atoms with E-state index in [2.05, 4.69) is 20.9 Å². The highest BCUT2D eigenvalue weighted by atomic mass is 79.9. The molecule has 0 aliphatic carbocycles. The number of carbonyl (C=O) groups excluding carboxylic acids is 1. The summed E-state index contributed by atoms with van der Waals surface area (Å²) in [6, 6.07) is 13.9. The van der Waals surface area contributed by atoms with Crippen LogP contribution in [-0.4, -0.2) is 10.8 Å². The van der Waals surface area contributed by atoms with Crippen molar-refractivity contribution in [2.75, 3.05) is 0 Å². The maximum atomic E-state index is 14.0. The zero-order chi connectivity index (χ0) is 14.1. The summed E-state index contributed by atoms with van der Waals surface area (Å²) in [5, 5.41) is 0.855. The SMILES string of the molecule is O=C(c1cnc2ccccc2c1)c1cccc(Br)c1F. The number of fused-ring (bicyclic) bond motifs is 1. The van der Waals surface area contributed by atoms with E-state index in [1.807, 2.05) is 24.3 Å². The lowest BCUT2D eigenvalue weighted by Gasteiger charge is -2.05. The van der Waals surface area contributed by atoms with Gasteiger partial charge in [0, 0.05) is 17.1 Å².